The second-order valence-corrected chi connectivity index (χ2v) is 5.38. The fourth-order valence-electron chi connectivity index (χ4n) is 2.70. The summed E-state index contributed by atoms with van der Waals surface area (Å²) in [5.41, 5.74) is -0.635. The van der Waals surface area contributed by atoms with Gasteiger partial charge >= 0.3 is 58.4 Å². The Bertz CT molecular complexity index is 444. The first-order valence-corrected chi connectivity index (χ1v) is 7.10. The number of hydrogen-bond acceptors (Lipinski definition) is 2. The Labute approximate surface area is 166 Å². The average molecular weight is 325 g/mol. The topological polar surface area (TPSA) is 12.5 Å². The summed E-state index contributed by atoms with van der Waals surface area (Å²) in [4.78, 5) is 2.27. The zero-order valence-electron chi connectivity index (χ0n) is 12.7. The molecule has 1 heterocycles. The van der Waals surface area contributed by atoms with Crippen LogP contribution in [0.5, 0.6) is 5.75 Å². The molecule has 1 atom stereocenters. The number of halogens is 3. The molecule has 2 nitrogen and oxygen atoms in total. The number of hydrogen-bond donors (Lipinski definition) is 0. The van der Waals surface area contributed by atoms with E-state index in [1.54, 1.807) is 6.07 Å². The number of nitrogens with zero attached hydrogens (tertiary/aromatic N) is 1. The van der Waals surface area contributed by atoms with E-state index >= 15 is 0 Å². The van der Waals surface area contributed by atoms with Crippen molar-refractivity contribution >= 4 is 12.4 Å². The van der Waals surface area contributed by atoms with E-state index < -0.39 is 12.4 Å². The maximum Gasteiger partial charge on any atom is 1.00 e. The molecule has 0 amide bonds. The largest absolute Gasteiger partial charge is 1.00 e. The summed E-state index contributed by atoms with van der Waals surface area (Å²) >= 11 is 0. The van der Waals surface area contributed by atoms with Gasteiger partial charge in [-0.3, -0.25) is 0 Å². The van der Waals surface area contributed by atoms with Gasteiger partial charge < -0.3 is 22.6 Å². The minimum atomic E-state index is -5.02. The molecular formula is C14H20BF3KNO. The quantitative estimate of drug-likeness (QED) is 0.707. The van der Waals surface area contributed by atoms with E-state index in [1.807, 2.05) is 0 Å². The molecule has 1 aromatic rings. The van der Waals surface area contributed by atoms with Crippen LogP contribution in [-0.2, 0) is 0 Å². The Balaban J connectivity index is 0.00000220. The maximum atomic E-state index is 12.9. The molecule has 1 unspecified atom stereocenters. The summed E-state index contributed by atoms with van der Waals surface area (Å²) in [6.07, 6.45) is 4.27. The first-order valence-electron chi connectivity index (χ1n) is 7.10. The van der Waals surface area contributed by atoms with Crippen LogP contribution in [0.3, 0.4) is 0 Å². The molecule has 21 heavy (non-hydrogen) atoms. The van der Waals surface area contributed by atoms with E-state index in [0.29, 0.717) is 12.6 Å². The molecule has 1 aliphatic heterocycles. The van der Waals surface area contributed by atoms with Gasteiger partial charge in [0.05, 0.1) is 12.4 Å². The fraction of sp³-hybridized carbons (Fsp3) is 0.571. The van der Waals surface area contributed by atoms with Crippen molar-refractivity contribution in [2.45, 2.75) is 31.7 Å². The molecule has 0 spiro atoms. The third-order valence-corrected chi connectivity index (χ3v) is 3.90. The van der Waals surface area contributed by atoms with Gasteiger partial charge in [-0.05, 0) is 38.9 Å². The summed E-state index contributed by atoms with van der Waals surface area (Å²) in [5, 5.41) is 0. The maximum absolute atomic E-state index is 12.9. The van der Waals surface area contributed by atoms with Crippen LogP contribution in [0, 0.1) is 0 Å². The number of rotatable bonds is 5. The molecule has 0 bridgehead atoms. The molecular weight excluding hydrogens is 305 g/mol. The van der Waals surface area contributed by atoms with Gasteiger partial charge in [-0.25, -0.2) is 0 Å². The summed E-state index contributed by atoms with van der Waals surface area (Å²) in [5.74, 6) is -0.0431. The van der Waals surface area contributed by atoms with Crippen molar-refractivity contribution in [1.29, 1.82) is 0 Å². The van der Waals surface area contributed by atoms with Crippen LogP contribution in [0.2, 0.25) is 0 Å². The van der Waals surface area contributed by atoms with E-state index in [0.717, 1.165) is 25.5 Å². The molecule has 0 aliphatic carbocycles. The van der Waals surface area contributed by atoms with E-state index in [9.17, 15) is 12.9 Å². The first kappa shape index (κ1) is 19.5. The van der Waals surface area contributed by atoms with Crippen molar-refractivity contribution in [3.05, 3.63) is 24.3 Å². The second kappa shape index (κ2) is 8.94. The van der Waals surface area contributed by atoms with Crippen molar-refractivity contribution < 1.29 is 69.1 Å². The van der Waals surface area contributed by atoms with Crippen LogP contribution < -0.4 is 61.6 Å². The monoisotopic (exact) mass is 325 g/mol. The van der Waals surface area contributed by atoms with Gasteiger partial charge in [0.2, 0.25) is 0 Å². The number of likely N-dealkylation sites (tertiary alicyclic amines) is 1. The Hall–Kier alpha value is 0.471. The Morgan fingerprint density at radius 3 is 2.62 bits per heavy atom. The predicted octanol–water partition coefficient (Wildman–Crippen LogP) is -0.00180. The van der Waals surface area contributed by atoms with Crippen molar-refractivity contribution in [2.24, 2.45) is 0 Å². The number of ether oxygens (including phenoxy) is 1. The van der Waals surface area contributed by atoms with Crippen LogP contribution >= 0.6 is 0 Å². The van der Waals surface area contributed by atoms with Crippen LogP contribution in [-0.4, -0.2) is 38.1 Å². The van der Waals surface area contributed by atoms with Gasteiger partial charge in [0.1, 0.15) is 0 Å². The van der Waals surface area contributed by atoms with Crippen molar-refractivity contribution in [1.82, 2.24) is 4.90 Å². The minimum absolute atomic E-state index is 0. The van der Waals surface area contributed by atoms with Crippen LogP contribution in [0.25, 0.3) is 0 Å². The Kier molecular flexibility index (Phi) is 8.31. The third-order valence-electron chi connectivity index (χ3n) is 3.90. The zero-order chi connectivity index (χ0) is 14.6. The van der Waals surface area contributed by atoms with Gasteiger partial charge in [-0.15, -0.1) is 0 Å². The van der Waals surface area contributed by atoms with Gasteiger partial charge in [0, 0.05) is 6.04 Å². The fourth-order valence-corrected chi connectivity index (χ4v) is 2.70. The standard InChI is InChI=1S/C14H20BF3NO.K/c1-19-10-5-4-6-12(19)9-11-20-14-8-3-2-7-13(14)15(16,17)18;/h2-3,7-8,12H,4-6,9-11H2,1H3;/q-1;+1. The SMILES string of the molecule is CN1CCCCC1CCOc1ccccc1[B-](F)(F)F.[K+]. The number of para-hydroxylation sites is 1. The molecule has 2 rings (SSSR count). The van der Waals surface area contributed by atoms with E-state index in [4.69, 9.17) is 4.74 Å². The van der Waals surface area contributed by atoms with Crippen molar-refractivity contribution in [3.63, 3.8) is 0 Å². The van der Waals surface area contributed by atoms with E-state index in [1.165, 1.54) is 25.0 Å². The molecule has 0 aromatic heterocycles. The zero-order valence-corrected chi connectivity index (χ0v) is 15.8. The second-order valence-electron chi connectivity index (χ2n) is 5.38. The third kappa shape index (κ3) is 5.88. The minimum Gasteiger partial charge on any atom is -0.497 e. The van der Waals surface area contributed by atoms with Crippen LogP contribution in [0.4, 0.5) is 12.9 Å². The summed E-state index contributed by atoms with van der Waals surface area (Å²) in [6.45, 7) is -3.62. The summed E-state index contributed by atoms with van der Waals surface area (Å²) < 4.78 is 44.0. The Morgan fingerprint density at radius 2 is 1.95 bits per heavy atom. The molecule has 1 fully saturated rings. The molecule has 112 valence electrons. The number of benzene rings is 1. The van der Waals surface area contributed by atoms with E-state index in [-0.39, 0.29) is 57.1 Å². The summed E-state index contributed by atoms with van der Waals surface area (Å²) in [7, 11) is 2.07. The number of piperidine rings is 1. The summed E-state index contributed by atoms with van der Waals surface area (Å²) in [6, 6.07) is 5.88. The molecule has 0 radical (unpaired) electrons. The smallest absolute Gasteiger partial charge is 0.497 e. The molecule has 7 heteroatoms. The van der Waals surface area contributed by atoms with Gasteiger partial charge in [0.15, 0.2) is 0 Å². The Morgan fingerprint density at radius 1 is 1.24 bits per heavy atom. The van der Waals surface area contributed by atoms with E-state index in [2.05, 4.69) is 11.9 Å². The first-order chi connectivity index (χ1) is 9.48. The van der Waals surface area contributed by atoms with Crippen molar-refractivity contribution in [2.75, 3.05) is 20.2 Å². The normalized spacial score (nSPS) is 19.9. The van der Waals surface area contributed by atoms with Crippen molar-refractivity contribution in [3.8, 4) is 5.75 Å². The van der Waals surface area contributed by atoms with Crippen LogP contribution in [0.1, 0.15) is 25.7 Å². The molecule has 1 saturated heterocycles. The van der Waals surface area contributed by atoms with Gasteiger partial charge in [-0.1, -0.05) is 30.1 Å². The molecule has 1 aromatic carbocycles. The van der Waals surface area contributed by atoms with Gasteiger partial charge in [-0.2, -0.15) is 0 Å². The average Bonchev–Trinajstić information content (AvgIpc) is 2.40. The predicted molar refractivity (Wildman–Crippen MR) is 75.5 cm³/mol. The van der Waals surface area contributed by atoms with Crippen LogP contribution in [0.15, 0.2) is 24.3 Å². The van der Waals surface area contributed by atoms with Gasteiger partial charge in [0.25, 0.3) is 0 Å². The molecule has 0 N–H and O–H groups in total. The molecule has 0 saturated carbocycles. The molecule has 1 aliphatic rings.